The first kappa shape index (κ1) is 20.5. The molecule has 6 aromatic carbocycles. The van der Waals surface area contributed by atoms with Crippen LogP contribution in [-0.4, -0.2) is 9.97 Å². The number of anilines is 3. The predicted octanol–water partition coefficient (Wildman–Crippen LogP) is 9.01. The number of para-hydroxylation sites is 2. The van der Waals surface area contributed by atoms with E-state index in [0.717, 1.165) is 39.5 Å². The van der Waals surface area contributed by atoms with Gasteiger partial charge in [-0.25, -0.2) is 4.98 Å². The van der Waals surface area contributed by atoms with Crippen LogP contribution in [0.5, 0.6) is 0 Å². The number of fused-ring (bicyclic) bond motifs is 6. The van der Waals surface area contributed by atoms with Gasteiger partial charge < -0.3 is 9.88 Å². The van der Waals surface area contributed by atoms with Crippen molar-refractivity contribution in [1.29, 1.82) is 0 Å². The molecule has 7 aromatic rings. The fourth-order valence-electron chi connectivity index (χ4n) is 5.13. The van der Waals surface area contributed by atoms with Crippen LogP contribution >= 0.6 is 0 Å². The second kappa shape index (κ2) is 8.40. The number of benzene rings is 6. The van der Waals surface area contributed by atoms with Gasteiger partial charge in [0.15, 0.2) is 0 Å². The molecule has 0 radical (unpaired) electrons. The monoisotopic (exact) mass is 461 g/mol. The van der Waals surface area contributed by atoms with Gasteiger partial charge in [0.2, 0.25) is 0 Å². The summed E-state index contributed by atoms with van der Waals surface area (Å²) in [4.78, 5) is 11.0. The summed E-state index contributed by atoms with van der Waals surface area (Å²) in [6.45, 7) is 0. The van der Waals surface area contributed by atoms with Gasteiger partial charge in [-0.2, -0.15) is 0 Å². The molecule has 3 nitrogen and oxygen atoms in total. The number of H-pyrrole nitrogens is 1. The first-order valence-corrected chi connectivity index (χ1v) is 12.2. The number of aromatic nitrogens is 2. The van der Waals surface area contributed by atoms with E-state index in [2.05, 4.69) is 131 Å². The van der Waals surface area contributed by atoms with Crippen LogP contribution in [0.2, 0.25) is 0 Å². The molecule has 0 aliphatic heterocycles. The molecule has 0 spiro atoms. The van der Waals surface area contributed by atoms with Crippen molar-refractivity contribution in [1.82, 2.24) is 9.97 Å². The van der Waals surface area contributed by atoms with Crippen LogP contribution in [0.4, 0.5) is 17.1 Å². The molecular formula is C33H23N3. The highest BCUT2D eigenvalue weighted by molar-refractivity contribution is 6.23. The van der Waals surface area contributed by atoms with Crippen LogP contribution in [0.3, 0.4) is 0 Å². The van der Waals surface area contributed by atoms with Crippen molar-refractivity contribution in [2.75, 3.05) is 4.90 Å². The molecule has 170 valence electrons. The second-order valence-corrected chi connectivity index (χ2v) is 8.95. The number of nitrogens with one attached hydrogen (secondary N) is 1. The average molecular weight is 462 g/mol. The molecule has 0 amide bonds. The van der Waals surface area contributed by atoms with Gasteiger partial charge in [0.25, 0.3) is 0 Å². The molecule has 0 saturated carbocycles. The molecule has 0 bridgehead atoms. The normalized spacial score (nSPS) is 11.3. The molecule has 0 unspecified atom stereocenters. The summed E-state index contributed by atoms with van der Waals surface area (Å²) in [7, 11) is 0. The molecule has 1 N–H and O–H groups in total. The van der Waals surface area contributed by atoms with Gasteiger partial charge in [0.1, 0.15) is 5.82 Å². The maximum Gasteiger partial charge on any atom is 0.138 e. The van der Waals surface area contributed by atoms with Crippen molar-refractivity contribution in [2.45, 2.75) is 0 Å². The van der Waals surface area contributed by atoms with Gasteiger partial charge in [-0.15, -0.1) is 0 Å². The molecule has 0 aliphatic carbocycles. The summed E-state index contributed by atoms with van der Waals surface area (Å²) in [5, 5.41) is 4.84. The lowest BCUT2D eigenvalue weighted by molar-refractivity contribution is 1.28. The van der Waals surface area contributed by atoms with Crippen molar-refractivity contribution in [3.05, 3.63) is 133 Å². The Balaban J connectivity index is 1.36. The Morgan fingerprint density at radius 2 is 0.917 bits per heavy atom. The van der Waals surface area contributed by atoms with Crippen molar-refractivity contribution in [2.24, 2.45) is 0 Å². The lowest BCUT2D eigenvalue weighted by Crippen LogP contribution is -2.09. The van der Waals surface area contributed by atoms with Crippen molar-refractivity contribution < 1.29 is 0 Å². The molecule has 0 fully saturated rings. The Kier molecular flexibility index (Phi) is 4.78. The van der Waals surface area contributed by atoms with E-state index in [9.17, 15) is 0 Å². The number of hydrogen-bond acceptors (Lipinski definition) is 2. The third-order valence-corrected chi connectivity index (χ3v) is 6.80. The highest BCUT2D eigenvalue weighted by Crippen LogP contribution is 2.37. The van der Waals surface area contributed by atoms with Gasteiger partial charge in [0.05, 0.1) is 11.0 Å². The number of aromatic amines is 1. The topological polar surface area (TPSA) is 31.9 Å². The minimum absolute atomic E-state index is 0.879. The van der Waals surface area contributed by atoms with Gasteiger partial charge >= 0.3 is 0 Å². The SMILES string of the molecule is c1ccc(N(c2ccccc2)c2ccc(-c3nc4c5ccccc5c5ccccc5c4[nH]3)cc2)cc1. The van der Waals surface area contributed by atoms with E-state index < -0.39 is 0 Å². The highest BCUT2D eigenvalue weighted by atomic mass is 15.1. The maximum absolute atomic E-state index is 5.08. The quantitative estimate of drug-likeness (QED) is 0.265. The van der Waals surface area contributed by atoms with Gasteiger partial charge in [0, 0.05) is 33.4 Å². The van der Waals surface area contributed by atoms with E-state index in [0.29, 0.717) is 0 Å². The lowest BCUT2D eigenvalue weighted by atomic mass is 10.0. The van der Waals surface area contributed by atoms with Crippen LogP contribution < -0.4 is 4.90 Å². The summed E-state index contributed by atoms with van der Waals surface area (Å²) in [6.07, 6.45) is 0. The minimum atomic E-state index is 0.879. The standard InChI is InChI=1S/C33H23N3/c1-3-11-24(12-4-1)36(25-13-5-2-6-14-25)26-21-19-23(20-22-26)33-34-31-29-17-9-7-15-27(29)28-16-8-10-18-30(28)32(31)35-33/h1-22H,(H,34,35). The molecule has 7 rings (SSSR count). The van der Waals surface area contributed by atoms with Gasteiger partial charge in [-0.1, -0.05) is 84.9 Å². The van der Waals surface area contributed by atoms with E-state index >= 15 is 0 Å². The fourth-order valence-corrected chi connectivity index (χ4v) is 5.13. The Morgan fingerprint density at radius 1 is 0.444 bits per heavy atom. The van der Waals surface area contributed by atoms with Crippen molar-refractivity contribution >= 4 is 49.6 Å². The molecule has 36 heavy (non-hydrogen) atoms. The Hall–Kier alpha value is -4.89. The summed E-state index contributed by atoms with van der Waals surface area (Å²) in [5.41, 5.74) is 6.50. The zero-order valence-electron chi connectivity index (χ0n) is 19.6. The smallest absolute Gasteiger partial charge is 0.138 e. The Morgan fingerprint density at radius 3 is 1.53 bits per heavy atom. The molecule has 1 aromatic heterocycles. The summed E-state index contributed by atoms with van der Waals surface area (Å²) in [5.74, 6) is 0.879. The van der Waals surface area contributed by atoms with E-state index in [-0.39, 0.29) is 0 Å². The van der Waals surface area contributed by atoms with Gasteiger partial charge in [-0.3, -0.25) is 0 Å². The molecule has 0 saturated heterocycles. The summed E-state index contributed by atoms with van der Waals surface area (Å²) < 4.78 is 0. The van der Waals surface area contributed by atoms with Crippen LogP contribution in [0.25, 0.3) is 44.0 Å². The Labute approximate surface area is 209 Å². The van der Waals surface area contributed by atoms with E-state index in [1.54, 1.807) is 0 Å². The van der Waals surface area contributed by atoms with Crippen molar-refractivity contribution in [3.63, 3.8) is 0 Å². The highest BCUT2D eigenvalue weighted by Gasteiger charge is 2.15. The van der Waals surface area contributed by atoms with Gasteiger partial charge in [-0.05, 0) is 59.3 Å². The minimum Gasteiger partial charge on any atom is -0.337 e. The molecule has 0 aliphatic rings. The number of imidazole rings is 1. The lowest BCUT2D eigenvalue weighted by Gasteiger charge is -2.25. The van der Waals surface area contributed by atoms with E-state index in [1.807, 2.05) is 12.1 Å². The third kappa shape index (κ3) is 3.33. The van der Waals surface area contributed by atoms with E-state index in [1.165, 1.54) is 21.5 Å². The first-order chi connectivity index (χ1) is 17.9. The number of nitrogens with zero attached hydrogens (tertiary/aromatic N) is 2. The van der Waals surface area contributed by atoms with E-state index in [4.69, 9.17) is 4.98 Å². The Bertz CT molecular complexity index is 1710. The van der Waals surface area contributed by atoms with Crippen LogP contribution in [0.1, 0.15) is 0 Å². The summed E-state index contributed by atoms with van der Waals surface area (Å²) in [6, 6.07) is 46.6. The maximum atomic E-state index is 5.08. The van der Waals surface area contributed by atoms with Crippen LogP contribution in [0.15, 0.2) is 133 Å². The van der Waals surface area contributed by atoms with Crippen LogP contribution in [-0.2, 0) is 0 Å². The average Bonchev–Trinajstić information content (AvgIpc) is 3.41. The largest absolute Gasteiger partial charge is 0.337 e. The predicted molar refractivity (Wildman–Crippen MR) is 151 cm³/mol. The fraction of sp³-hybridized carbons (Fsp3) is 0. The molecule has 3 heteroatoms. The van der Waals surface area contributed by atoms with Crippen LogP contribution in [0, 0.1) is 0 Å². The number of hydrogen-bond donors (Lipinski definition) is 1. The van der Waals surface area contributed by atoms with Crippen molar-refractivity contribution in [3.8, 4) is 11.4 Å². The molecular weight excluding hydrogens is 438 g/mol. The number of rotatable bonds is 4. The summed E-state index contributed by atoms with van der Waals surface area (Å²) >= 11 is 0. The second-order valence-electron chi connectivity index (χ2n) is 8.95. The first-order valence-electron chi connectivity index (χ1n) is 12.2. The zero-order chi connectivity index (χ0) is 23.9. The molecule has 1 heterocycles. The third-order valence-electron chi connectivity index (χ3n) is 6.80. The molecule has 0 atom stereocenters. The zero-order valence-corrected chi connectivity index (χ0v) is 19.6.